The van der Waals surface area contributed by atoms with Gasteiger partial charge in [-0.1, -0.05) is 0 Å². The molecule has 0 fully saturated rings. The van der Waals surface area contributed by atoms with Crippen LogP contribution in [0.15, 0.2) is 12.5 Å². The minimum atomic E-state index is -0.0131. The van der Waals surface area contributed by atoms with Crippen molar-refractivity contribution in [1.29, 1.82) is 0 Å². The first kappa shape index (κ1) is 10.3. The zero-order valence-electron chi connectivity index (χ0n) is 9.13. The molecule has 1 aromatic rings. The van der Waals surface area contributed by atoms with Crippen molar-refractivity contribution >= 4 is 0 Å². The Morgan fingerprint density at radius 1 is 1.46 bits per heavy atom. The fourth-order valence-electron chi connectivity index (χ4n) is 1.33. The van der Waals surface area contributed by atoms with Gasteiger partial charge in [-0.25, -0.2) is 4.98 Å². The Morgan fingerprint density at radius 2 is 2.08 bits per heavy atom. The fourth-order valence-corrected chi connectivity index (χ4v) is 1.33. The standard InChI is InChI=1S/C10H19N3/c1-8(2)13-7-12-6-9(13)10(3,4)11-5/h6-8,11H,1-5H3. The van der Waals surface area contributed by atoms with Crippen LogP contribution < -0.4 is 5.32 Å². The molecule has 74 valence electrons. The third-order valence-corrected chi connectivity index (χ3v) is 2.49. The molecule has 3 nitrogen and oxygen atoms in total. The van der Waals surface area contributed by atoms with E-state index in [4.69, 9.17) is 0 Å². The van der Waals surface area contributed by atoms with Crippen molar-refractivity contribution in [3.8, 4) is 0 Å². The minimum Gasteiger partial charge on any atom is -0.330 e. The summed E-state index contributed by atoms with van der Waals surface area (Å²) in [5.74, 6) is 0. The summed E-state index contributed by atoms with van der Waals surface area (Å²) in [5.41, 5.74) is 1.21. The van der Waals surface area contributed by atoms with Crippen LogP contribution in [0.3, 0.4) is 0 Å². The molecule has 1 heterocycles. The summed E-state index contributed by atoms with van der Waals surface area (Å²) in [4.78, 5) is 4.18. The van der Waals surface area contributed by atoms with E-state index in [9.17, 15) is 0 Å². The third kappa shape index (κ3) is 1.91. The predicted molar refractivity (Wildman–Crippen MR) is 54.7 cm³/mol. The molecule has 0 aliphatic rings. The van der Waals surface area contributed by atoms with Crippen molar-refractivity contribution in [2.24, 2.45) is 0 Å². The van der Waals surface area contributed by atoms with Gasteiger partial charge in [-0.15, -0.1) is 0 Å². The second-order valence-electron chi connectivity index (χ2n) is 4.15. The quantitative estimate of drug-likeness (QED) is 0.772. The highest BCUT2D eigenvalue weighted by Crippen LogP contribution is 2.21. The van der Waals surface area contributed by atoms with Crippen molar-refractivity contribution < 1.29 is 0 Å². The molecule has 3 heteroatoms. The highest BCUT2D eigenvalue weighted by atomic mass is 15.1. The monoisotopic (exact) mass is 181 g/mol. The molecular weight excluding hydrogens is 162 g/mol. The van der Waals surface area contributed by atoms with Crippen LogP contribution in [0.2, 0.25) is 0 Å². The highest BCUT2D eigenvalue weighted by molar-refractivity contribution is 5.11. The average Bonchev–Trinajstić information content (AvgIpc) is 2.52. The summed E-state index contributed by atoms with van der Waals surface area (Å²) in [6.07, 6.45) is 3.82. The molecule has 0 aliphatic heterocycles. The first-order valence-corrected chi connectivity index (χ1v) is 4.70. The van der Waals surface area contributed by atoms with Crippen molar-refractivity contribution in [3.63, 3.8) is 0 Å². The van der Waals surface area contributed by atoms with Gasteiger partial charge in [0.25, 0.3) is 0 Å². The molecular formula is C10H19N3. The van der Waals surface area contributed by atoms with Crippen LogP contribution >= 0.6 is 0 Å². The van der Waals surface area contributed by atoms with E-state index in [1.807, 2.05) is 19.6 Å². The Balaban J connectivity index is 3.07. The van der Waals surface area contributed by atoms with E-state index in [0.29, 0.717) is 6.04 Å². The third-order valence-electron chi connectivity index (χ3n) is 2.49. The zero-order chi connectivity index (χ0) is 10.1. The lowest BCUT2D eigenvalue weighted by Gasteiger charge is -2.26. The Morgan fingerprint density at radius 3 is 2.54 bits per heavy atom. The zero-order valence-corrected chi connectivity index (χ0v) is 9.13. The van der Waals surface area contributed by atoms with E-state index in [1.54, 1.807) is 0 Å². The maximum absolute atomic E-state index is 4.18. The van der Waals surface area contributed by atoms with Gasteiger partial charge in [-0.3, -0.25) is 0 Å². The molecule has 0 radical (unpaired) electrons. The van der Waals surface area contributed by atoms with E-state index in [-0.39, 0.29) is 5.54 Å². The fraction of sp³-hybridized carbons (Fsp3) is 0.700. The summed E-state index contributed by atoms with van der Waals surface area (Å²) < 4.78 is 2.19. The largest absolute Gasteiger partial charge is 0.330 e. The number of aromatic nitrogens is 2. The number of nitrogens with zero attached hydrogens (tertiary/aromatic N) is 2. The molecule has 0 aromatic carbocycles. The Hall–Kier alpha value is -0.830. The molecule has 1 N–H and O–H groups in total. The summed E-state index contributed by atoms with van der Waals surface area (Å²) in [7, 11) is 1.97. The van der Waals surface area contributed by atoms with Gasteiger partial charge < -0.3 is 9.88 Å². The molecule has 0 saturated heterocycles. The smallest absolute Gasteiger partial charge is 0.0951 e. The molecule has 0 saturated carbocycles. The maximum Gasteiger partial charge on any atom is 0.0951 e. The Bertz CT molecular complexity index is 273. The van der Waals surface area contributed by atoms with E-state index in [2.05, 4.69) is 42.6 Å². The molecule has 13 heavy (non-hydrogen) atoms. The molecule has 0 bridgehead atoms. The van der Waals surface area contributed by atoms with Crippen molar-refractivity contribution in [3.05, 3.63) is 18.2 Å². The van der Waals surface area contributed by atoms with Crippen LogP contribution in [0.4, 0.5) is 0 Å². The molecule has 0 atom stereocenters. The predicted octanol–water partition coefficient (Wildman–Crippen LogP) is 1.92. The van der Waals surface area contributed by atoms with Gasteiger partial charge in [0, 0.05) is 6.04 Å². The minimum absolute atomic E-state index is 0.0131. The molecule has 0 amide bonds. The van der Waals surface area contributed by atoms with E-state index in [1.165, 1.54) is 5.69 Å². The number of imidazole rings is 1. The average molecular weight is 181 g/mol. The van der Waals surface area contributed by atoms with Gasteiger partial charge in [0.2, 0.25) is 0 Å². The van der Waals surface area contributed by atoms with E-state index < -0.39 is 0 Å². The van der Waals surface area contributed by atoms with Crippen LogP contribution in [0, 0.1) is 0 Å². The SMILES string of the molecule is CNC(C)(C)c1cncn1C(C)C. The van der Waals surface area contributed by atoms with Crippen LogP contribution in [0.1, 0.15) is 39.4 Å². The Kier molecular flexibility index (Phi) is 2.76. The number of hydrogen-bond acceptors (Lipinski definition) is 2. The number of rotatable bonds is 3. The van der Waals surface area contributed by atoms with Gasteiger partial charge in [-0.05, 0) is 34.7 Å². The second kappa shape index (κ2) is 3.50. The molecule has 1 aromatic heterocycles. The summed E-state index contributed by atoms with van der Waals surface area (Å²) in [5, 5.41) is 3.28. The van der Waals surface area contributed by atoms with Gasteiger partial charge in [0.05, 0.1) is 23.8 Å². The van der Waals surface area contributed by atoms with Crippen molar-refractivity contribution in [2.75, 3.05) is 7.05 Å². The molecule has 0 unspecified atom stereocenters. The van der Waals surface area contributed by atoms with Crippen LogP contribution in [-0.2, 0) is 5.54 Å². The van der Waals surface area contributed by atoms with Crippen LogP contribution in [0.25, 0.3) is 0 Å². The van der Waals surface area contributed by atoms with Gasteiger partial charge in [0.1, 0.15) is 0 Å². The van der Waals surface area contributed by atoms with Crippen molar-refractivity contribution in [1.82, 2.24) is 14.9 Å². The lowest BCUT2D eigenvalue weighted by molar-refractivity contribution is 0.396. The first-order valence-electron chi connectivity index (χ1n) is 4.70. The highest BCUT2D eigenvalue weighted by Gasteiger charge is 2.22. The van der Waals surface area contributed by atoms with E-state index in [0.717, 1.165) is 0 Å². The van der Waals surface area contributed by atoms with Crippen LogP contribution in [-0.4, -0.2) is 16.6 Å². The summed E-state index contributed by atoms with van der Waals surface area (Å²) >= 11 is 0. The summed E-state index contributed by atoms with van der Waals surface area (Å²) in [6, 6.07) is 0.463. The van der Waals surface area contributed by atoms with E-state index >= 15 is 0 Å². The topological polar surface area (TPSA) is 29.9 Å². The number of hydrogen-bond donors (Lipinski definition) is 1. The normalized spacial score (nSPS) is 12.5. The lowest BCUT2D eigenvalue weighted by Crippen LogP contribution is -2.35. The van der Waals surface area contributed by atoms with Gasteiger partial charge in [0.15, 0.2) is 0 Å². The van der Waals surface area contributed by atoms with Gasteiger partial charge >= 0.3 is 0 Å². The van der Waals surface area contributed by atoms with Crippen molar-refractivity contribution in [2.45, 2.75) is 39.3 Å². The lowest BCUT2D eigenvalue weighted by atomic mass is 10.0. The molecule has 0 spiro atoms. The Labute approximate surface area is 80.2 Å². The molecule has 1 rings (SSSR count). The van der Waals surface area contributed by atoms with Crippen LogP contribution in [0.5, 0.6) is 0 Å². The second-order valence-corrected chi connectivity index (χ2v) is 4.15. The molecule has 0 aliphatic carbocycles. The maximum atomic E-state index is 4.18. The number of nitrogens with one attached hydrogen (secondary N) is 1. The van der Waals surface area contributed by atoms with Gasteiger partial charge in [-0.2, -0.15) is 0 Å². The first-order chi connectivity index (χ1) is 5.99. The summed E-state index contributed by atoms with van der Waals surface area (Å²) in [6.45, 7) is 8.64.